The maximum atomic E-state index is 12.1. The molecule has 7 heteroatoms. The van der Waals surface area contributed by atoms with Crippen molar-refractivity contribution in [1.29, 1.82) is 0 Å². The molecule has 1 fully saturated rings. The highest BCUT2D eigenvalue weighted by molar-refractivity contribution is 5.85. The minimum absolute atomic E-state index is 0. The Morgan fingerprint density at radius 1 is 1.43 bits per heavy atom. The Labute approximate surface area is 85.4 Å². The summed E-state index contributed by atoms with van der Waals surface area (Å²) in [5.41, 5.74) is 0. The number of rotatable bonds is 1. The predicted molar refractivity (Wildman–Crippen MR) is 45.3 cm³/mol. The van der Waals surface area contributed by atoms with Crippen LogP contribution in [0.4, 0.5) is 13.2 Å². The van der Waals surface area contributed by atoms with Gasteiger partial charge in [-0.05, 0) is 12.8 Å². The lowest BCUT2D eigenvalue weighted by Crippen LogP contribution is -2.43. The van der Waals surface area contributed by atoms with Crippen LogP contribution in [-0.4, -0.2) is 31.3 Å². The quantitative estimate of drug-likeness (QED) is 0.693. The van der Waals surface area contributed by atoms with Gasteiger partial charge in [0.1, 0.15) is 12.1 Å². The lowest BCUT2D eigenvalue weighted by molar-refractivity contribution is -0.155. The predicted octanol–water partition coefficient (Wildman–Crippen LogP) is 1.26. The Balaban J connectivity index is 0.00000169. The number of esters is 1. The molecule has 1 rings (SSSR count). The van der Waals surface area contributed by atoms with Gasteiger partial charge in [-0.3, -0.25) is 10.1 Å². The van der Waals surface area contributed by atoms with E-state index >= 15 is 0 Å². The molecule has 1 aliphatic heterocycles. The van der Waals surface area contributed by atoms with Gasteiger partial charge in [-0.2, -0.15) is 13.2 Å². The molecule has 0 aromatic rings. The fourth-order valence-electron chi connectivity index (χ4n) is 1.33. The lowest BCUT2D eigenvalue weighted by atomic mass is 10.2. The van der Waals surface area contributed by atoms with E-state index in [1.165, 1.54) is 0 Å². The molecule has 84 valence electrons. The monoisotopic (exact) mass is 233 g/mol. The van der Waals surface area contributed by atoms with Gasteiger partial charge in [-0.15, -0.1) is 12.4 Å². The highest BCUT2D eigenvalue weighted by Crippen LogP contribution is 2.28. The highest BCUT2D eigenvalue weighted by Gasteiger charge is 2.45. The van der Waals surface area contributed by atoms with Gasteiger partial charge >= 0.3 is 12.1 Å². The third-order valence-corrected chi connectivity index (χ3v) is 2.03. The molecule has 0 saturated carbocycles. The molecule has 0 bridgehead atoms. The van der Waals surface area contributed by atoms with E-state index in [1.54, 1.807) is 0 Å². The number of nitrogens with one attached hydrogen (secondary N) is 1. The number of hydrogen-bond donors (Lipinski definition) is 1. The van der Waals surface area contributed by atoms with Crippen molar-refractivity contribution in [1.82, 2.24) is 5.32 Å². The first-order valence-corrected chi connectivity index (χ1v) is 3.85. The molecule has 3 nitrogen and oxygen atoms in total. The van der Waals surface area contributed by atoms with Crippen LogP contribution in [0.3, 0.4) is 0 Å². The Morgan fingerprint density at radius 2 is 2.00 bits per heavy atom. The third-order valence-electron chi connectivity index (χ3n) is 2.03. The molecule has 1 heterocycles. The minimum atomic E-state index is -4.28. The van der Waals surface area contributed by atoms with Crippen molar-refractivity contribution in [2.75, 3.05) is 7.11 Å². The van der Waals surface area contributed by atoms with E-state index in [0.29, 0.717) is 0 Å². The molecule has 0 unspecified atom stereocenters. The standard InChI is InChI=1S/C7H10F3NO2.ClH/c1-13-6(12)4-2-3-5(11-4)7(8,9)10;/h4-5,11H,2-3H2,1H3;1H/t4-,5+;/m1./s1. The summed E-state index contributed by atoms with van der Waals surface area (Å²) in [4.78, 5) is 10.8. The summed E-state index contributed by atoms with van der Waals surface area (Å²) in [5, 5.41) is 2.18. The van der Waals surface area contributed by atoms with Gasteiger partial charge in [0, 0.05) is 0 Å². The molecule has 0 aromatic carbocycles. The summed E-state index contributed by atoms with van der Waals surface area (Å²) in [7, 11) is 1.16. The molecular formula is C7H11ClF3NO2. The van der Waals surface area contributed by atoms with Crippen molar-refractivity contribution < 1.29 is 22.7 Å². The minimum Gasteiger partial charge on any atom is -0.468 e. The zero-order chi connectivity index (χ0) is 10.1. The van der Waals surface area contributed by atoms with Crippen LogP contribution >= 0.6 is 12.4 Å². The van der Waals surface area contributed by atoms with Crippen LogP contribution in [-0.2, 0) is 9.53 Å². The molecule has 0 radical (unpaired) electrons. The van der Waals surface area contributed by atoms with Crippen LogP contribution in [0.2, 0.25) is 0 Å². The van der Waals surface area contributed by atoms with Crippen LogP contribution in [0.1, 0.15) is 12.8 Å². The first-order valence-electron chi connectivity index (χ1n) is 3.85. The molecule has 0 amide bonds. The van der Waals surface area contributed by atoms with Gasteiger partial charge in [-0.1, -0.05) is 0 Å². The molecule has 1 saturated heterocycles. The van der Waals surface area contributed by atoms with Crippen molar-refractivity contribution in [3.63, 3.8) is 0 Å². The van der Waals surface area contributed by atoms with Crippen molar-refractivity contribution in [2.24, 2.45) is 0 Å². The van der Waals surface area contributed by atoms with Gasteiger partial charge in [0.05, 0.1) is 7.11 Å². The van der Waals surface area contributed by atoms with E-state index in [-0.39, 0.29) is 25.2 Å². The van der Waals surface area contributed by atoms with E-state index in [0.717, 1.165) is 7.11 Å². The molecule has 0 aliphatic carbocycles. The van der Waals surface area contributed by atoms with Gasteiger partial charge in [0.2, 0.25) is 0 Å². The van der Waals surface area contributed by atoms with Crippen molar-refractivity contribution in [3.05, 3.63) is 0 Å². The van der Waals surface area contributed by atoms with Crippen LogP contribution in [0.5, 0.6) is 0 Å². The second-order valence-corrected chi connectivity index (χ2v) is 2.91. The molecule has 14 heavy (non-hydrogen) atoms. The number of carbonyl (C=O) groups is 1. The van der Waals surface area contributed by atoms with Crippen LogP contribution in [0.25, 0.3) is 0 Å². The lowest BCUT2D eigenvalue weighted by Gasteiger charge is -2.15. The second-order valence-electron chi connectivity index (χ2n) is 2.91. The fourth-order valence-corrected chi connectivity index (χ4v) is 1.33. The number of carbonyl (C=O) groups excluding carboxylic acids is 1. The van der Waals surface area contributed by atoms with Crippen molar-refractivity contribution in [2.45, 2.75) is 31.1 Å². The van der Waals surface area contributed by atoms with Gasteiger partial charge in [-0.25, -0.2) is 0 Å². The van der Waals surface area contributed by atoms with Crippen LogP contribution < -0.4 is 5.32 Å². The maximum Gasteiger partial charge on any atom is 0.403 e. The number of methoxy groups -OCH3 is 1. The Morgan fingerprint density at radius 3 is 2.36 bits per heavy atom. The SMILES string of the molecule is COC(=O)[C@H]1CC[C@@H](C(F)(F)F)N1.Cl. The normalized spacial score (nSPS) is 26.9. The molecule has 0 aromatic heterocycles. The summed E-state index contributed by atoms with van der Waals surface area (Å²) in [6.45, 7) is 0. The Bertz CT molecular complexity index is 210. The zero-order valence-corrected chi connectivity index (χ0v) is 8.24. The average Bonchev–Trinajstić information content (AvgIpc) is 2.50. The third kappa shape index (κ3) is 3.02. The number of ether oxygens (including phenoxy) is 1. The molecule has 0 spiro atoms. The number of halogens is 4. The highest BCUT2D eigenvalue weighted by atomic mass is 35.5. The molecule has 1 aliphatic rings. The summed E-state index contributed by atoms with van der Waals surface area (Å²) in [6.07, 6.45) is -4.16. The van der Waals surface area contributed by atoms with E-state index in [4.69, 9.17) is 0 Å². The van der Waals surface area contributed by atoms with Gasteiger partial charge < -0.3 is 4.74 Å². The summed E-state index contributed by atoms with van der Waals surface area (Å²) in [6, 6.07) is -2.38. The zero-order valence-electron chi connectivity index (χ0n) is 7.43. The van der Waals surface area contributed by atoms with E-state index in [1.807, 2.05) is 0 Å². The Kier molecular flexibility index (Phi) is 4.67. The summed E-state index contributed by atoms with van der Waals surface area (Å²) < 4.78 is 40.6. The molecule has 1 N–H and O–H groups in total. The maximum absolute atomic E-state index is 12.1. The molecular weight excluding hydrogens is 223 g/mol. The van der Waals surface area contributed by atoms with Crippen LogP contribution in [0.15, 0.2) is 0 Å². The van der Waals surface area contributed by atoms with Gasteiger partial charge in [0.15, 0.2) is 0 Å². The second kappa shape index (κ2) is 4.84. The van der Waals surface area contributed by atoms with Gasteiger partial charge in [0.25, 0.3) is 0 Å². The largest absolute Gasteiger partial charge is 0.468 e. The van der Waals surface area contributed by atoms with Crippen molar-refractivity contribution >= 4 is 18.4 Å². The first kappa shape index (κ1) is 13.5. The van der Waals surface area contributed by atoms with E-state index in [2.05, 4.69) is 10.1 Å². The molecule has 2 atom stereocenters. The first-order chi connectivity index (χ1) is 5.95. The smallest absolute Gasteiger partial charge is 0.403 e. The van der Waals surface area contributed by atoms with E-state index < -0.39 is 24.2 Å². The Hall–Kier alpha value is -0.490. The van der Waals surface area contributed by atoms with Crippen LogP contribution in [0, 0.1) is 0 Å². The number of alkyl halides is 3. The average molecular weight is 234 g/mol. The summed E-state index contributed by atoms with van der Waals surface area (Å²) >= 11 is 0. The number of hydrogen-bond acceptors (Lipinski definition) is 3. The van der Waals surface area contributed by atoms with E-state index in [9.17, 15) is 18.0 Å². The summed E-state index contributed by atoms with van der Waals surface area (Å²) in [5.74, 6) is -0.633. The van der Waals surface area contributed by atoms with Crippen molar-refractivity contribution in [3.8, 4) is 0 Å². The fraction of sp³-hybridized carbons (Fsp3) is 0.857. The topological polar surface area (TPSA) is 38.3 Å².